The predicted molar refractivity (Wildman–Crippen MR) is 87.2 cm³/mol. The molecule has 23 heavy (non-hydrogen) atoms. The van der Waals surface area contributed by atoms with E-state index < -0.39 is 30.4 Å². The molecule has 0 fully saturated rings. The number of hydrogen-bond acceptors (Lipinski definition) is 4. The molecule has 1 rings (SSSR count). The minimum Gasteiger partial charge on any atom is -0.455 e. The van der Waals surface area contributed by atoms with Crippen LogP contribution in [0.2, 0.25) is 5.02 Å². The van der Waals surface area contributed by atoms with E-state index in [9.17, 15) is 14.4 Å². The van der Waals surface area contributed by atoms with Crippen LogP contribution >= 0.6 is 11.6 Å². The predicted octanol–water partition coefficient (Wildman–Crippen LogP) is 2.47. The normalized spacial score (nSPS) is 11.7. The number of ether oxygens (including phenoxy) is 1. The van der Waals surface area contributed by atoms with Crippen molar-refractivity contribution in [2.45, 2.75) is 26.7 Å². The van der Waals surface area contributed by atoms with Gasteiger partial charge in [0.15, 0.2) is 6.61 Å². The third-order valence-electron chi connectivity index (χ3n) is 3.09. The molecule has 0 spiro atoms. The summed E-state index contributed by atoms with van der Waals surface area (Å²) in [5, 5.41) is 5.06. The number of nitrogens with one attached hydrogen (secondary N) is 2. The van der Waals surface area contributed by atoms with Crippen molar-refractivity contribution >= 4 is 29.5 Å². The van der Waals surface area contributed by atoms with Crippen molar-refractivity contribution in [3.63, 3.8) is 0 Å². The van der Waals surface area contributed by atoms with Gasteiger partial charge in [-0.3, -0.25) is 14.9 Å². The lowest BCUT2D eigenvalue weighted by molar-refractivity contribution is -0.150. The monoisotopic (exact) mass is 340 g/mol. The lowest BCUT2D eigenvalue weighted by Gasteiger charge is -2.19. The van der Waals surface area contributed by atoms with Crippen LogP contribution in [0.1, 0.15) is 32.3 Å². The Kier molecular flexibility index (Phi) is 7.54. The quantitative estimate of drug-likeness (QED) is 0.779. The van der Waals surface area contributed by atoms with E-state index in [1.54, 1.807) is 31.2 Å². The van der Waals surface area contributed by atoms with E-state index in [2.05, 4.69) is 10.6 Å². The van der Waals surface area contributed by atoms with Crippen LogP contribution in [0.25, 0.3) is 0 Å². The van der Waals surface area contributed by atoms with Crippen molar-refractivity contribution in [3.05, 3.63) is 34.9 Å². The molecule has 0 aromatic heterocycles. The van der Waals surface area contributed by atoms with Crippen molar-refractivity contribution in [1.82, 2.24) is 10.6 Å². The lowest BCUT2D eigenvalue weighted by Crippen LogP contribution is -2.41. The number of rotatable bonds is 6. The average Bonchev–Trinajstić information content (AvgIpc) is 2.47. The molecule has 1 aromatic carbocycles. The van der Waals surface area contributed by atoms with Gasteiger partial charge in [-0.2, -0.15) is 0 Å². The first kappa shape index (κ1) is 19.0. The van der Waals surface area contributed by atoms with E-state index in [0.29, 0.717) is 11.6 Å². The number of esters is 1. The number of hydrogen-bond donors (Lipinski definition) is 2. The Morgan fingerprint density at radius 3 is 2.30 bits per heavy atom. The molecule has 126 valence electrons. The Morgan fingerprint density at radius 1 is 1.17 bits per heavy atom. The van der Waals surface area contributed by atoms with Gasteiger partial charge in [-0.25, -0.2) is 4.79 Å². The van der Waals surface area contributed by atoms with Gasteiger partial charge in [-0.05, 0) is 30.5 Å². The second-order valence-electron chi connectivity index (χ2n) is 5.29. The largest absolute Gasteiger partial charge is 0.455 e. The summed E-state index contributed by atoms with van der Waals surface area (Å²) >= 11 is 5.85. The Morgan fingerprint density at radius 2 is 1.78 bits per heavy atom. The van der Waals surface area contributed by atoms with Gasteiger partial charge in [0.25, 0.3) is 5.91 Å². The summed E-state index contributed by atoms with van der Waals surface area (Å²) in [6.45, 7) is 5.38. The van der Waals surface area contributed by atoms with Crippen molar-refractivity contribution in [2.75, 3.05) is 13.2 Å². The van der Waals surface area contributed by atoms with E-state index >= 15 is 0 Å². The van der Waals surface area contributed by atoms with Gasteiger partial charge in [-0.1, -0.05) is 37.6 Å². The summed E-state index contributed by atoms with van der Waals surface area (Å²) in [7, 11) is 0. The number of imide groups is 1. The zero-order valence-electron chi connectivity index (χ0n) is 13.4. The third-order valence-corrected chi connectivity index (χ3v) is 3.34. The Bertz CT molecular complexity index is 558. The van der Waals surface area contributed by atoms with E-state index in [1.165, 1.54) is 0 Å². The van der Waals surface area contributed by atoms with E-state index in [0.717, 1.165) is 5.56 Å². The maximum Gasteiger partial charge on any atom is 0.321 e. The highest BCUT2D eigenvalue weighted by atomic mass is 35.5. The van der Waals surface area contributed by atoms with Crippen LogP contribution < -0.4 is 10.6 Å². The highest BCUT2D eigenvalue weighted by Gasteiger charge is 2.26. The van der Waals surface area contributed by atoms with Crippen LogP contribution in [0.15, 0.2) is 24.3 Å². The molecule has 1 atom stereocenters. The maximum absolute atomic E-state index is 12.3. The summed E-state index contributed by atoms with van der Waals surface area (Å²) < 4.78 is 5.03. The van der Waals surface area contributed by atoms with Crippen LogP contribution in [0.5, 0.6) is 0 Å². The van der Waals surface area contributed by atoms with E-state index in [1.807, 2.05) is 13.8 Å². The van der Waals surface area contributed by atoms with Gasteiger partial charge in [0.1, 0.15) is 0 Å². The Hall–Kier alpha value is -2.08. The van der Waals surface area contributed by atoms with Crippen LogP contribution in [0.3, 0.4) is 0 Å². The number of carbonyl (C=O) groups excluding carboxylic acids is 3. The zero-order valence-corrected chi connectivity index (χ0v) is 14.1. The zero-order chi connectivity index (χ0) is 17.4. The van der Waals surface area contributed by atoms with Gasteiger partial charge in [0, 0.05) is 11.6 Å². The van der Waals surface area contributed by atoms with E-state index in [-0.39, 0.29) is 5.92 Å². The molecular formula is C16H21ClN2O4. The summed E-state index contributed by atoms with van der Waals surface area (Å²) in [5.74, 6) is -1.73. The van der Waals surface area contributed by atoms with Crippen LogP contribution in [0.4, 0.5) is 4.79 Å². The Balaban J connectivity index is 2.64. The van der Waals surface area contributed by atoms with Crippen LogP contribution in [-0.2, 0) is 14.3 Å². The molecule has 0 unspecified atom stereocenters. The lowest BCUT2D eigenvalue weighted by atomic mass is 9.88. The number of benzene rings is 1. The molecule has 0 heterocycles. The minimum absolute atomic E-state index is 0.0184. The average molecular weight is 341 g/mol. The van der Waals surface area contributed by atoms with Crippen molar-refractivity contribution in [2.24, 2.45) is 5.92 Å². The second kappa shape index (κ2) is 9.15. The standard InChI is InChI=1S/C16H21ClN2O4/c1-4-18-16(22)19-13(20)9-23-15(21)14(10(2)3)11-5-7-12(17)8-6-11/h5-8,10,14H,4,9H2,1-3H3,(H2,18,19,20,22)/t14-/m0/s1. The second-order valence-corrected chi connectivity index (χ2v) is 5.73. The van der Waals surface area contributed by atoms with Gasteiger partial charge >= 0.3 is 12.0 Å². The minimum atomic E-state index is -0.678. The highest BCUT2D eigenvalue weighted by Crippen LogP contribution is 2.27. The fourth-order valence-electron chi connectivity index (χ4n) is 2.06. The molecular weight excluding hydrogens is 320 g/mol. The van der Waals surface area contributed by atoms with Gasteiger partial charge in [0.05, 0.1) is 5.92 Å². The molecule has 0 saturated carbocycles. The number of halogens is 1. The Labute approximate surface area is 140 Å². The summed E-state index contributed by atoms with van der Waals surface area (Å²) in [6.07, 6.45) is 0. The molecule has 3 amide bonds. The first-order valence-electron chi connectivity index (χ1n) is 7.35. The van der Waals surface area contributed by atoms with Gasteiger partial charge in [-0.15, -0.1) is 0 Å². The molecule has 2 N–H and O–H groups in total. The molecule has 1 aromatic rings. The highest BCUT2D eigenvalue weighted by molar-refractivity contribution is 6.30. The topological polar surface area (TPSA) is 84.5 Å². The molecule has 0 aliphatic heterocycles. The first-order chi connectivity index (χ1) is 10.8. The third kappa shape index (κ3) is 6.28. The fraction of sp³-hybridized carbons (Fsp3) is 0.438. The summed E-state index contributed by atoms with van der Waals surface area (Å²) in [4.78, 5) is 35.0. The smallest absolute Gasteiger partial charge is 0.321 e. The molecule has 7 heteroatoms. The molecule has 6 nitrogen and oxygen atoms in total. The molecule has 0 aliphatic rings. The van der Waals surface area contributed by atoms with Crippen molar-refractivity contribution < 1.29 is 19.1 Å². The maximum atomic E-state index is 12.3. The SMILES string of the molecule is CCNC(=O)NC(=O)COC(=O)[C@H](c1ccc(Cl)cc1)C(C)C. The van der Waals surface area contributed by atoms with Gasteiger partial charge < -0.3 is 10.1 Å². The number of carbonyl (C=O) groups is 3. The molecule has 0 bridgehead atoms. The molecule has 0 saturated heterocycles. The van der Waals surface area contributed by atoms with Gasteiger partial charge in [0.2, 0.25) is 0 Å². The van der Waals surface area contributed by atoms with Crippen LogP contribution in [0, 0.1) is 5.92 Å². The van der Waals surface area contributed by atoms with Crippen LogP contribution in [-0.4, -0.2) is 31.1 Å². The van der Waals surface area contributed by atoms with Crippen molar-refractivity contribution in [3.8, 4) is 0 Å². The molecule has 0 aliphatic carbocycles. The first-order valence-corrected chi connectivity index (χ1v) is 7.72. The summed E-state index contributed by atoms with van der Waals surface area (Å²) in [6, 6.07) is 6.28. The fourth-order valence-corrected chi connectivity index (χ4v) is 2.18. The van der Waals surface area contributed by atoms with Crippen molar-refractivity contribution in [1.29, 1.82) is 0 Å². The number of amides is 3. The summed E-state index contributed by atoms with van der Waals surface area (Å²) in [5.41, 5.74) is 0.763. The van der Waals surface area contributed by atoms with E-state index in [4.69, 9.17) is 16.3 Å². The molecule has 0 radical (unpaired) electrons. The number of urea groups is 1.